The number of esters is 1. The van der Waals surface area contributed by atoms with E-state index in [1.165, 1.54) is 14.0 Å². The summed E-state index contributed by atoms with van der Waals surface area (Å²) in [6, 6.07) is 6.91. The third kappa shape index (κ3) is 4.59. The molecule has 0 bridgehead atoms. The van der Waals surface area contributed by atoms with Crippen molar-refractivity contribution >= 4 is 29.5 Å². The molecular weight excluding hydrogens is 338 g/mol. The maximum Gasteiger partial charge on any atom is 0.321 e. The van der Waals surface area contributed by atoms with Crippen LogP contribution in [0, 0.1) is 5.92 Å². The van der Waals surface area contributed by atoms with Gasteiger partial charge in [-0.3, -0.25) is 19.7 Å². The SMILES string of the molecule is CCc1ccc(N2C[C@H](C(=O)O[C@@H](C)C(=O)NC(=O)NC)CC2=O)cc1. The van der Waals surface area contributed by atoms with E-state index in [1.54, 1.807) is 4.90 Å². The summed E-state index contributed by atoms with van der Waals surface area (Å²) in [6.45, 7) is 3.62. The lowest BCUT2D eigenvalue weighted by Crippen LogP contribution is -2.44. The zero-order valence-electron chi connectivity index (χ0n) is 15.1. The van der Waals surface area contributed by atoms with Crippen LogP contribution in [0.5, 0.6) is 0 Å². The summed E-state index contributed by atoms with van der Waals surface area (Å²) >= 11 is 0. The highest BCUT2D eigenvalue weighted by atomic mass is 16.5. The minimum absolute atomic E-state index is 0.0259. The number of anilines is 1. The third-order valence-corrected chi connectivity index (χ3v) is 4.24. The zero-order valence-corrected chi connectivity index (χ0v) is 15.1. The summed E-state index contributed by atoms with van der Waals surface area (Å²) in [5, 5.41) is 4.27. The van der Waals surface area contributed by atoms with Crippen LogP contribution in [0.2, 0.25) is 0 Å². The Morgan fingerprint density at radius 1 is 1.27 bits per heavy atom. The van der Waals surface area contributed by atoms with Crippen LogP contribution in [0.4, 0.5) is 10.5 Å². The van der Waals surface area contributed by atoms with Crippen LogP contribution < -0.4 is 15.5 Å². The lowest BCUT2D eigenvalue weighted by Gasteiger charge is -2.18. The van der Waals surface area contributed by atoms with Gasteiger partial charge in [0.1, 0.15) is 0 Å². The molecule has 1 aliphatic rings. The molecule has 140 valence electrons. The van der Waals surface area contributed by atoms with Crippen LogP contribution >= 0.6 is 0 Å². The average Bonchev–Trinajstić information content (AvgIpc) is 3.03. The molecule has 1 fully saturated rings. The summed E-state index contributed by atoms with van der Waals surface area (Å²) in [5.41, 5.74) is 1.89. The van der Waals surface area contributed by atoms with Crippen molar-refractivity contribution < 1.29 is 23.9 Å². The van der Waals surface area contributed by atoms with Crippen molar-refractivity contribution in [1.82, 2.24) is 10.6 Å². The van der Waals surface area contributed by atoms with Crippen LogP contribution in [0.1, 0.15) is 25.8 Å². The quantitative estimate of drug-likeness (QED) is 0.761. The molecule has 0 aromatic heterocycles. The Balaban J connectivity index is 1.95. The van der Waals surface area contributed by atoms with E-state index in [2.05, 4.69) is 5.32 Å². The van der Waals surface area contributed by atoms with Gasteiger partial charge in [-0.15, -0.1) is 0 Å². The number of carbonyl (C=O) groups excluding carboxylic acids is 4. The first kappa shape index (κ1) is 19.4. The fraction of sp³-hybridized carbons (Fsp3) is 0.444. The van der Waals surface area contributed by atoms with Gasteiger partial charge in [-0.05, 0) is 31.0 Å². The Morgan fingerprint density at radius 3 is 2.50 bits per heavy atom. The molecule has 1 saturated heterocycles. The van der Waals surface area contributed by atoms with Crippen molar-refractivity contribution in [1.29, 1.82) is 0 Å². The van der Waals surface area contributed by atoms with Gasteiger partial charge in [-0.25, -0.2) is 4.79 Å². The highest BCUT2D eigenvalue weighted by Gasteiger charge is 2.37. The molecule has 4 amide bonds. The Kier molecular flexibility index (Phi) is 6.32. The van der Waals surface area contributed by atoms with Crippen molar-refractivity contribution in [2.24, 2.45) is 5.92 Å². The smallest absolute Gasteiger partial charge is 0.321 e. The molecule has 2 N–H and O–H groups in total. The first-order chi connectivity index (χ1) is 12.3. The van der Waals surface area contributed by atoms with Gasteiger partial charge < -0.3 is 15.0 Å². The number of nitrogens with one attached hydrogen (secondary N) is 2. The molecule has 8 heteroatoms. The second-order valence-electron chi connectivity index (χ2n) is 6.07. The highest BCUT2D eigenvalue weighted by Crippen LogP contribution is 2.26. The van der Waals surface area contributed by atoms with Gasteiger partial charge in [0.25, 0.3) is 5.91 Å². The first-order valence-electron chi connectivity index (χ1n) is 8.48. The van der Waals surface area contributed by atoms with Crippen molar-refractivity contribution in [3.8, 4) is 0 Å². The number of carbonyl (C=O) groups is 4. The molecular formula is C18H23N3O5. The molecule has 0 spiro atoms. The molecule has 1 aliphatic heterocycles. The number of nitrogens with zero attached hydrogens (tertiary/aromatic N) is 1. The maximum absolute atomic E-state index is 12.3. The van der Waals surface area contributed by atoms with Gasteiger partial charge in [0.05, 0.1) is 5.92 Å². The molecule has 2 rings (SSSR count). The first-order valence-corrected chi connectivity index (χ1v) is 8.48. The molecule has 0 radical (unpaired) electrons. The molecule has 2 atom stereocenters. The van der Waals surface area contributed by atoms with Crippen LogP contribution in [0.15, 0.2) is 24.3 Å². The lowest BCUT2D eigenvalue weighted by molar-refractivity contribution is -0.158. The van der Waals surface area contributed by atoms with Crippen LogP contribution in [0.3, 0.4) is 0 Å². The van der Waals surface area contributed by atoms with E-state index in [0.717, 1.165) is 17.7 Å². The topological polar surface area (TPSA) is 105 Å². The van der Waals surface area contributed by atoms with E-state index < -0.39 is 29.9 Å². The second kappa shape index (κ2) is 8.46. The van der Waals surface area contributed by atoms with Gasteiger partial charge in [0, 0.05) is 25.7 Å². The van der Waals surface area contributed by atoms with Crippen LogP contribution in [-0.2, 0) is 25.5 Å². The van der Waals surface area contributed by atoms with E-state index in [0.29, 0.717) is 0 Å². The van der Waals surface area contributed by atoms with Gasteiger partial charge in [-0.2, -0.15) is 0 Å². The zero-order chi connectivity index (χ0) is 19.3. The van der Waals surface area contributed by atoms with Gasteiger partial charge in [-0.1, -0.05) is 19.1 Å². The van der Waals surface area contributed by atoms with Crippen molar-refractivity contribution in [3.05, 3.63) is 29.8 Å². The minimum atomic E-state index is -1.13. The molecule has 8 nitrogen and oxygen atoms in total. The number of rotatable bonds is 5. The minimum Gasteiger partial charge on any atom is -0.452 e. The second-order valence-corrected chi connectivity index (χ2v) is 6.07. The Bertz CT molecular complexity index is 701. The molecule has 1 aromatic rings. The Morgan fingerprint density at radius 2 is 1.92 bits per heavy atom. The Hall–Kier alpha value is -2.90. The van der Waals surface area contributed by atoms with E-state index in [4.69, 9.17) is 4.74 Å². The number of hydrogen-bond acceptors (Lipinski definition) is 5. The fourth-order valence-electron chi connectivity index (χ4n) is 2.63. The number of ether oxygens (including phenoxy) is 1. The summed E-state index contributed by atoms with van der Waals surface area (Å²) in [6.07, 6.45) is -0.204. The highest BCUT2D eigenvalue weighted by molar-refractivity contribution is 6.00. The molecule has 0 unspecified atom stereocenters. The predicted molar refractivity (Wildman–Crippen MR) is 94.4 cm³/mol. The predicted octanol–water partition coefficient (Wildman–Crippen LogP) is 0.989. The summed E-state index contributed by atoms with van der Waals surface area (Å²) in [7, 11) is 1.37. The van der Waals surface area contributed by atoms with E-state index in [9.17, 15) is 19.2 Å². The molecule has 26 heavy (non-hydrogen) atoms. The van der Waals surface area contributed by atoms with E-state index >= 15 is 0 Å². The molecule has 1 heterocycles. The molecule has 1 aromatic carbocycles. The third-order valence-electron chi connectivity index (χ3n) is 4.24. The van der Waals surface area contributed by atoms with Crippen LogP contribution in [-0.4, -0.2) is 43.5 Å². The van der Waals surface area contributed by atoms with Crippen molar-refractivity contribution in [3.63, 3.8) is 0 Å². The van der Waals surface area contributed by atoms with Crippen LogP contribution in [0.25, 0.3) is 0 Å². The molecule has 0 aliphatic carbocycles. The van der Waals surface area contributed by atoms with Gasteiger partial charge in [0.15, 0.2) is 6.10 Å². The standard InChI is InChI=1S/C18H23N3O5/c1-4-12-5-7-14(8-6-12)21-10-13(9-15(21)22)17(24)26-11(2)16(23)20-18(25)19-3/h5-8,11,13H,4,9-10H2,1-3H3,(H2,19,20,23,25)/t11-,13+/m0/s1. The van der Waals surface area contributed by atoms with E-state index in [1.807, 2.05) is 36.5 Å². The van der Waals surface area contributed by atoms with Gasteiger partial charge >= 0.3 is 12.0 Å². The van der Waals surface area contributed by atoms with E-state index in [-0.39, 0.29) is 18.9 Å². The number of aryl methyl sites for hydroxylation is 1. The summed E-state index contributed by atoms with van der Waals surface area (Å²) < 4.78 is 5.10. The number of urea groups is 1. The van der Waals surface area contributed by atoms with Crippen molar-refractivity contribution in [2.75, 3.05) is 18.5 Å². The largest absolute Gasteiger partial charge is 0.452 e. The lowest BCUT2D eigenvalue weighted by atomic mass is 10.1. The summed E-state index contributed by atoms with van der Waals surface area (Å²) in [4.78, 5) is 48.9. The van der Waals surface area contributed by atoms with Gasteiger partial charge in [0.2, 0.25) is 5.91 Å². The summed E-state index contributed by atoms with van der Waals surface area (Å²) in [5.74, 6) is -2.18. The number of amides is 4. The fourth-order valence-corrected chi connectivity index (χ4v) is 2.63. The number of hydrogen-bond donors (Lipinski definition) is 2. The van der Waals surface area contributed by atoms with Crippen molar-refractivity contribution in [2.45, 2.75) is 32.8 Å². The normalized spacial score (nSPS) is 17.6. The number of benzene rings is 1. The Labute approximate surface area is 151 Å². The maximum atomic E-state index is 12.3. The average molecular weight is 361 g/mol. The molecule has 0 saturated carbocycles. The monoisotopic (exact) mass is 361 g/mol. The number of imide groups is 1.